The van der Waals surface area contributed by atoms with Gasteiger partial charge in [0.05, 0.1) is 17.9 Å². The van der Waals surface area contributed by atoms with E-state index in [9.17, 15) is 4.79 Å². The Kier molecular flexibility index (Phi) is 3.13. The molecule has 4 nitrogen and oxygen atoms in total. The van der Waals surface area contributed by atoms with Gasteiger partial charge in [0.1, 0.15) is 5.75 Å². The standard InChI is InChI=1S/C14H12N2O2S/c1-9-3-2-4-12-13(17)10(5-6-18-14(9)12)7-11-8-19-16-15-11/h2-4,7-8H,5-6H2,1H3/b10-7+. The molecule has 5 heteroatoms. The van der Waals surface area contributed by atoms with Crippen LogP contribution in [0, 0.1) is 6.92 Å². The van der Waals surface area contributed by atoms with E-state index in [4.69, 9.17) is 4.74 Å². The number of benzene rings is 1. The molecular formula is C14H12N2O2S. The number of fused-ring (bicyclic) bond motifs is 1. The van der Waals surface area contributed by atoms with Crippen LogP contribution in [0.4, 0.5) is 0 Å². The van der Waals surface area contributed by atoms with E-state index in [0.717, 1.165) is 16.8 Å². The number of carbonyl (C=O) groups is 1. The molecule has 3 rings (SSSR count). The molecule has 19 heavy (non-hydrogen) atoms. The predicted molar refractivity (Wildman–Crippen MR) is 73.5 cm³/mol. The van der Waals surface area contributed by atoms with Crippen molar-refractivity contribution in [1.29, 1.82) is 0 Å². The number of para-hydroxylation sites is 1. The molecule has 96 valence electrons. The molecule has 0 fully saturated rings. The summed E-state index contributed by atoms with van der Waals surface area (Å²) in [5, 5.41) is 5.77. The highest BCUT2D eigenvalue weighted by Crippen LogP contribution is 2.30. The zero-order valence-corrected chi connectivity index (χ0v) is 11.2. The predicted octanol–water partition coefficient (Wildman–Crippen LogP) is 2.90. The summed E-state index contributed by atoms with van der Waals surface area (Å²) < 4.78 is 9.50. The number of carbonyl (C=O) groups excluding carboxylic acids is 1. The molecule has 1 aromatic heterocycles. The monoisotopic (exact) mass is 272 g/mol. The summed E-state index contributed by atoms with van der Waals surface area (Å²) >= 11 is 1.27. The molecule has 0 aliphatic carbocycles. The van der Waals surface area contributed by atoms with Gasteiger partial charge in [-0.25, -0.2) is 0 Å². The molecule has 2 heterocycles. The lowest BCUT2D eigenvalue weighted by Crippen LogP contribution is -2.02. The summed E-state index contributed by atoms with van der Waals surface area (Å²) in [5.74, 6) is 0.719. The molecule has 0 N–H and O–H groups in total. The minimum Gasteiger partial charge on any atom is -0.492 e. The molecule has 2 aromatic rings. The molecule has 1 aliphatic rings. The van der Waals surface area contributed by atoms with Crippen LogP contribution in [0.15, 0.2) is 29.2 Å². The summed E-state index contributed by atoms with van der Waals surface area (Å²) in [6.45, 7) is 2.46. The molecule has 0 radical (unpaired) electrons. The van der Waals surface area contributed by atoms with E-state index in [0.29, 0.717) is 24.3 Å². The van der Waals surface area contributed by atoms with Crippen molar-refractivity contribution in [2.45, 2.75) is 13.3 Å². The number of rotatable bonds is 1. The number of hydrogen-bond acceptors (Lipinski definition) is 5. The highest BCUT2D eigenvalue weighted by Gasteiger charge is 2.22. The van der Waals surface area contributed by atoms with E-state index in [2.05, 4.69) is 9.59 Å². The van der Waals surface area contributed by atoms with Gasteiger partial charge in [0.25, 0.3) is 0 Å². The highest BCUT2D eigenvalue weighted by molar-refractivity contribution is 7.03. The summed E-state index contributed by atoms with van der Waals surface area (Å²) in [6, 6.07) is 5.64. The average Bonchev–Trinajstić information content (AvgIpc) is 2.85. The van der Waals surface area contributed by atoms with Crippen molar-refractivity contribution >= 4 is 23.4 Å². The molecule has 0 spiro atoms. The third kappa shape index (κ3) is 2.29. The maximum absolute atomic E-state index is 12.5. The van der Waals surface area contributed by atoms with Gasteiger partial charge < -0.3 is 4.74 Å². The third-order valence-corrected chi connectivity index (χ3v) is 3.59. The van der Waals surface area contributed by atoms with Crippen LogP contribution in [0.1, 0.15) is 28.0 Å². The molecule has 0 saturated carbocycles. The fourth-order valence-electron chi connectivity index (χ4n) is 2.12. The topological polar surface area (TPSA) is 52.1 Å². The van der Waals surface area contributed by atoms with Crippen LogP contribution in [-0.4, -0.2) is 22.0 Å². The molecule has 0 saturated heterocycles. The van der Waals surface area contributed by atoms with Crippen molar-refractivity contribution in [2.24, 2.45) is 0 Å². The Morgan fingerprint density at radius 1 is 1.42 bits per heavy atom. The van der Waals surface area contributed by atoms with E-state index < -0.39 is 0 Å². The minimum absolute atomic E-state index is 0.0178. The molecule has 0 bridgehead atoms. The first-order chi connectivity index (χ1) is 9.25. The van der Waals surface area contributed by atoms with Crippen LogP contribution < -0.4 is 4.74 Å². The van der Waals surface area contributed by atoms with Crippen molar-refractivity contribution < 1.29 is 9.53 Å². The van der Waals surface area contributed by atoms with E-state index in [1.807, 2.05) is 30.5 Å². The number of aromatic nitrogens is 2. The Balaban J connectivity index is 2.05. The first-order valence-corrected chi connectivity index (χ1v) is 6.84. The zero-order chi connectivity index (χ0) is 13.2. The van der Waals surface area contributed by atoms with Gasteiger partial charge in [-0.05, 0) is 36.2 Å². The van der Waals surface area contributed by atoms with Crippen LogP contribution in [0.2, 0.25) is 0 Å². The zero-order valence-electron chi connectivity index (χ0n) is 10.4. The molecular weight excluding hydrogens is 260 g/mol. The summed E-state index contributed by atoms with van der Waals surface area (Å²) in [6.07, 6.45) is 2.39. The van der Waals surface area contributed by atoms with Gasteiger partial charge >= 0.3 is 0 Å². The van der Waals surface area contributed by atoms with Crippen LogP contribution in [0.25, 0.3) is 6.08 Å². The third-order valence-electron chi connectivity index (χ3n) is 3.06. The molecule has 1 aromatic carbocycles. The lowest BCUT2D eigenvalue weighted by molar-refractivity contribution is 0.103. The van der Waals surface area contributed by atoms with Gasteiger partial charge in [-0.3, -0.25) is 4.79 Å². The lowest BCUT2D eigenvalue weighted by Gasteiger charge is -2.08. The number of ketones is 1. The maximum atomic E-state index is 12.5. The van der Waals surface area contributed by atoms with Crippen molar-refractivity contribution in [2.75, 3.05) is 6.61 Å². The van der Waals surface area contributed by atoms with Crippen molar-refractivity contribution in [1.82, 2.24) is 9.59 Å². The Morgan fingerprint density at radius 2 is 2.32 bits per heavy atom. The number of nitrogens with zero attached hydrogens (tertiary/aromatic N) is 2. The van der Waals surface area contributed by atoms with E-state index >= 15 is 0 Å². The second kappa shape index (κ2) is 4.93. The fraction of sp³-hybridized carbons (Fsp3) is 0.214. The summed E-state index contributed by atoms with van der Waals surface area (Å²) in [5.41, 5.74) is 3.07. The van der Waals surface area contributed by atoms with Gasteiger partial charge in [0, 0.05) is 17.4 Å². The van der Waals surface area contributed by atoms with E-state index in [1.54, 1.807) is 6.08 Å². The highest BCUT2D eigenvalue weighted by atomic mass is 32.1. The van der Waals surface area contributed by atoms with Crippen molar-refractivity contribution in [3.05, 3.63) is 46.0 Å². The fourth-order valence-corrected chi connectivity index (χ4v) is 2.54. The lowest BCUT2D eigenvalue weighted by atomic mass is 9.99. The average molecular weight is 272 g/mol. The van der Waals surface area contributed by atoms with Crippen molar-refractivity contribution in [3.8, 4) is 5.75 Å². The first-order valence-electron chi connectivity index (χ1n) is 6.00. The van der Waals surface area contributed by atoms with Gasteiger partial charge in [-0.2, -0.15) is 0 Å². The number of Topliss-reactive ketones (excluding diaryl/α,β-unsaturated/α-hetero) is 1. The van der Waals surface area contributed by atoms with Gasteiger partial charge in [-0.15, -0.1) is 5.10 Å². The quantitative estimate of drug-likeness (QED) is 0.749. The van der Waals surface area contributed by atoms with Crippen molar-refractivity contribution in [3.63, 3.8) is 0 Å². The number of hydrogen-bond donors (Lipinski definition) is 0. The number of ether oxygens (including phenoxy) is 1. The van der Waals surface area contributed by atoms with Crippen LogP contribution >= 0.6 is 11.5 Å². The summed E-state index contributed by atoms with van der Waals surface area (Å²) in [4.78, 5) is 12.5. The van der Waals surface area contributed by atoms with Crippen LogP contribution in [0.5, 0.6) is 5.75 Å². The molecule has 1 aliphatic heterocycles. The normalized spacial score (nSPS) is 16.9. The van der Waals surface area contributed by atoms with Gasteiger partial charge in [0.15, 0.2) is 5.78 Å². The maximum Gasteiger partial charge on any atom is 0.192 e. The second-order valence-electron chi connectivity index (χ2n) is 4.38. The molecule has 0 amide bonds. The largest absolute Gasteiger partial charge is 0.492 e. The first kappa shape index (κ1) is 12.0. The van der Waals surface area contributed by atoms with E-state index in [-0.39, 0.29) is 5.78 Å². The Bertz CT molecular complexity index is 647. The Morgan fingerprint density at radius 3 is 3.11 bits per heavy atom. The summed E-state index contributed by atoms with van der Waals surface area (Å²) in [7, 11) is 0. The smallest absolute Gasteiger partial charge is 0.192 e. The minimum atomic E-state index is 0.0178. The molecule has 0 atom stereocenters. The van der Waals surface area contributed by atoms with Crippen LogP contribution in [-0.2, 0) is 0 Å². The Labute approximate surface area is 114 Å². The molecule has 0 unspecified atom stereocenters. The van der Waals surface area contributed by atoms with E-state index in [1.165, 1.54) is 11.5 Å². The van der Waals surface area contributed by atoms with Gasteiger partial charge in [0.2, 0.25) is 0 Å². The van der Waals surface area contributed by atoms with Crippen LogP contribution in [0.3, 0.4) is 0 Å². The second-order valence-corrected chi connectivity index (χ2v) is 4.99. The van der Waals surface area contributed by atoms with Gasteiger partial charge in [-0.1, -0.05) is 16.6 Å². The number of aryl methyl sites for hydroxylation is 1. The SMILES string of the molecule is Cc1cccc2c1OCC/C(=C\c1csnn1)C2=O. The Hall–Kier alpha value is -2.01.